The minimum atomic E-state index is 0.142. The summed E-state index contributed by atoms with van der Waals surface area (Å²) in [4.78, 5) is 6.67. The molecule has 0 radical (unpaired) electrons. The Balaban J connectivity index is 2.93. The van der Waals surface area contributed by atoms with Gasteiger partial charge in [0.2, 0.25) is 0 Å². The Bertz CT molecular complexity index is 341. The van der Waals surface area contributed by atoms with Crippen LogP contribution in [-0.2, 0) is 6.54 Å². The molecule has 3 N–H and O–H groups in total. The van der Waals surface area contributed by atoms with Crippen molar-refractivity contribution >= 4 is 5.82 Å². The van der Waals surface area contributed by atoms with E-state index in [0.29, 0.717) is 13.1 Å². The lowest BCUT2D eigenvalue weighted by Crippen LogP contribution is -2.30. The topological polar surface area (TPSA) is 62.4 Å². The Hall–Kier alpha value is -1.13. The van der Waals surface area contributed by atoms with Gasteiger partial charge >= 0.3 is 0 Å². The van der Waals surface area contributed by atoms with E-state index in [2.05, 4.69) is 16.8 Å². The van der Waals surface area contributed by atoms with Crippen molar-refractivity contribution in [1.82, 2.24) is 4.98 Å². The molecule has 0 aliphatic carbocycles. The number of aromatic nitrogens is 1. The number of anilines is 1. The molecule has 0 aliphatic rings. The standard InChI is InChI=1S/C13H23N3O/c1-3-4-7-16(8-9-17)13-12(10-14)6-5-11(2)15-13/h5-6,17H,3-4,7-10,14H2,1-2H3. The van der Waals surface area contributed by atoms with Crippen molar-refractivity contribution in [3.63, 3.8) is 0 Å². The molecule has 1 rings (SSSR count). The second kappa shape index (κ2) is 7.25. The molecule has 1 aromatic heterocycles. The molecule has 4 nitrogen and oxygen atoms in total. The maximum absolute atomic E-state index is 9.13. The highest BCUT2D eigenvalue weighted by atomic mass is 16.3. The van der Waals surface area contributed by atoms with Crippen molar-refractivity contribution in [3.05, 3.63) is 23.4 Å². The summed E-state index contributed by atoms with van der Waals surface area (Å²) in [5, 5.41) is 9.13. The third-order valence-electron chi connectivity index (χ3n) is 2.77. The van der Waals surface area contributed by atoms with Crippen LogP contribution in [0, 0.1) is 6.92 Å². The summed E-state index contributed by atoms with van der Waals surface area (Å²) in [6, 6.07) is 4.00. The van der Waals surface area contributed by atoms with Gasteiger partial charge in [-0.15, -0.1) is 0 Å². The van der Waals surface area contributed by atoms with Crippen LogP contribution in [0.3, 0.4) is 0 Å². The molecule has 1 aromatic rings. The van der Waals surface area contributed by atoms with E-state index < -0.39 is 0 Å². The largest absolute Gasteiger partial charge is 0.395 e. The Kier molecular flexibility index (Phi) is 5.94. The number of nitrogens with zero attached hydrogens (tertiary/aromatic N) is 2. The number of nitrogens with two attached hydrogens (primary N) is 1. The van der Waals surface area contributed by atoms with E-state index in [-0.39, 0.29) is 6.61 Å². The average Bonchev–Trinajstić information content (AvgIpc) is 2.34. The lowest BCUT2D eigenvalue weighted by Gasteiger charge is -2.25. The predicted molar refractivity (Wildman–Crippen MR) is 71.1 cm³/mol. The summed E-state index contributed by atoms with van der Waals surface area (Å²) in [7, 11) is 0. The van der Waals surface area contributed by atoms with Crippen molar-refractivity contribution in [1.29, 1.82) is 0 Å². The molecule has 4 heteroatoms. The molecule has 1 heterocycles. The number of unbranched alkanes of at least 4 members (excludes halogenated alkanes) is 1. The van der Waals surface area contributed by atoms with E-state index in [9.17, 15) is 0 Å². The summed E-state index contributed by atoms with van der Waals surface area (Å²) in [6.07, 6.45) is 2.23. The van der Waals surface area contributed by atoms with Crippen LogP contribution in [0.15, 0.2) is 12.1 Å². The molecule has 0 aliphatic heterocycles. The zero-order chi connectivity index (χ0) is 12.7. The van der Waals surface area contributed by atoms with E-state index >= 15 is 0 Å². The molecule has 17 heavy (non-hydrogen) atoms. The van der Waals surface area contributed by atoms with Gasteiger partial charge in [-0.05, 0) is 19.4 Å². The van der Waals surface area contributed by atoms with Gasteiger partial charge in [-0.1, -0.05) is 19.4 Å². The molecule has 0 saturated carbocycles. The third kappa shape index (κ3) is 3.98. The maximum atomic E-state index is 9.13. The summed E-state index contributed by atoms with van der Waals surface area (Å²) in [5.74, 6) is 0.926. The van der Waals surface area contributed by atoms with Gasteiger partial charge < -0.3 is 15.7 Å². The van der Waals surface area contributed by atoms with Crippen molar-refractivity contribution < 1.29 is 5.11 Å². The molecule has 0 spiro atoms. The molecule has 0 saturated heterocycles. The minimum absolute atomic E-state index is 0.142. The molecule has 0 amide bonds. The first-order valence-electron chi connectivity index (χ1n) is 6.25. The van der Waals surface area contributed by atoms with Crippen LogP contribution in [0.4, 0.5) is 5.82 Å². The summed E-state index contributed by atoms with van der Waals surface area (Å²) < 4.78 is 0. The zero-order valence-corrected chi connectivity index (χ0v) is 10.8. The SMILES string of the molecule is CCCCN(CCO)c1nc(C)ccc1CN. The fourth-order valence-electron chi connectivity index (χ4n) is 1.80. The lowest BCUT2D eigenvalue weighted by molar-refractivity contribution is 0.301. The van der Waals surface area contributed by atoms with E-state index in [4.69, 9.17) is 10.8 Å². The highest BCUT2D eigenvalue weighted by molar-refractivity contribution is 5.47. The number of hydrogen-bond acceptors (Lipinski definition) is 4. The van der Waals surface area contributed by atoms with Crippen LogP contribution in [0.1, 0.15) is 31.0 Å². The molecular formula is C13H23N3O. The molecule has 0 fully saturated rings. The van der Waals surface area contributed by atoms with Crippen LogP contribution >= 0.6 is 0 Å². The van der Waals surface area contributed by atoms with Gasteiger partial charge in [-0.3, -0.25) is 0 Å². The molecular weight excluding hydrogens is 214 g/mol. The number of aryl methyl sites for hydroxylation is 1. The van der Waals surface area contributed by atoms with E-state index in [0.717, 1.165) is 36.5 Å². The maximum Gasteiger partial charge on any atom is 0.133 e. The van der Waals surface area contributed by atoms with E-state index in [1.54, 1.807) is 0 Å². The molecule has 0 atom stereocenters. The highest BCUT2D eigenvalue weighted by Crippen LogP contribution is 2.18. The van der Waals surface area contributed by atoms with Crippen LogP contribution in [0.25, 0.3) is 0 Å². The number of hydrogen-bond donors (Lipinski definition) is 2. The Morgan fingerprint density at radius 2 is 2.12 bits per heavy atom. The monoisotopic (exact) mass is 237 g/mol. The first-order valence-corrected chi connectivity index (χ1v) is 6.25. The van der Waals surface area contributed by atoms with Gasteiger partial charge in [0.15, 0.2) is 0 Å². The Morgan fingerprint density at radius 1 is 1.35 bits per heavy atom. The minimum Gasteiger partial charge on any atom is -0.395 e. The van der Waals surface area contributed by atoms with E-state index in [1.807, 2.05) is 19.1 Å². The van der Waals surface area contributed by atoms with E-state index in [1.165, 1.54) is 0 Å². The number of rotatable bonds is 7. The van der Waals surface area contributed by atoms with Gasteiger partial charge in [0.05, 0.1) is 6.61 Å². The quantitative estimate of drug-likeness (QED) is 0.753. The summed E-state index contributed by atoms with van der Waals surface area (Å²) in [6.45, 7) is 6.29. The highest BCUT2D eigenvalue weighted by Gasteiger charge is 2.11. The van der Waals surface area contributed by atoms with Crippen LogP contribution in [0.2, 0.25) is 0 Å². The summed E-state index contributed by atoms with van der Waals surface area (Å²) >= 11 is 0. The first-order chi connectivity index (χ1) is 8.22. The second-order valence-electron chi connectivity index (χ2n) is 4.20. The number of aliphatic hydroxyl groups is 1. The number of aliphatic hydroxyl groups excluding tert-OH is 1. The Morgan fingerprint density at radius 3 is 2.71 bits per heavy atom. The van der Waals surface area contributed by atoms with Crippen LogP contribution in [0.5, 0.6) is 0 Å². The molecule has 0 aromatic carbocycles. The molecule has 0 unspecified atom stereocenters. The van der Waals surface area contributed by atoms with Crippen molar-refractivity contribution in [2.75, 3.05) is 24.6 Å². The third-order valence-corrected chi connectivity index (χ3v) is 2.77. The van der Waals surface area contributed by atoms with Crippen LogP contribution < -0.4 is 10.6 Å². The van der Waals surface area contributed by atoms with Gasteiger partial charge in [0.25, 0.3) is 0 Å². The zero-order valence-electron chi connectivity index (χ0n) is 10.8. The van der Waals surface area contributed by atoms with Gasteiger partial charge in [-0.25, -0.2) is 4.98 Å². The molecule has 96 valence electrons. The molecule has 0 bridgehead atoms. The van der Waals surface area contributed by atoms with Crippen LogP contribution in [-0.4, -0.2) is 29.8 Å². The first kappa shape index (κ1) is 13.9. The average molecular weight is 237 g/mol. The lowest BCUT2D eigenvalue weighted by atomic mass is 10.2. The smallest absolute Gasteiger partial charge is 0.133 e. The van der Waals surface area contributed by atoms with Gasteiger partial charge in [-0.2, -0.15) is 0 Å². The van der Waals surface area contributed by atoms with Crippen molar-refractivity contribution in [2.45, 2.75) is 33.2 Å². The Labute approximate surface area is 103 Å². The summed E-state index contributed by atoms with van der Waals surface area (Å²) in [5.41, 5.74) is 7.76. The predicted octanol–water partition coefficient (Wildman–Crippen LogP) is 1.45. The van der Waals surface area contributed by atoms with Crippen molar-refractivity contribution in [3.8, 4) is 0 Å². The second-order valence-corrected chi connectivity index (χ2v) is 4.20. The normalized spacial score (nSPS) is 10.6. The fourth-order valence-corrected chi connectivity index (χ4v) is 1.80. The number of pyridine rings is 1. The van der Waals surface area contributed by atoms with Crippen molar-refractivity contribution in [2.24, 2.45) is 5.73 Å². The fraction of sp³-hybridized carbons (Fsp3) is 0.615. The van der Waals surface area contributed by atoms with Gasteiger partial charge in [0.1, 0.15) is 5.82 Å². The van der Waals surface area contributed by atoms with Gasteiger partial charge in [0, 0.05) is 30.9 Å².